The van der Waals surface area contributed by atoms with Gasteiger partial charge in [-0.1, -0.05) is 35.9 Å². The molecule has 0 radical (unpaired) electrons. The van der Waals surface area contributed by atoms with Gasteiger partial charge in [0.2, 0.25) is 0 Å². The Morgan fingerprint density at radius 2 is 1.77 bits per heavy atom. The van der Waals surface area contributed by atoms with E-state index in [2.05, 4.69) is 0 Å². The van der Waals surface area contributed by atoms with E-state index in [9.17, 15) is 18.3 Å². The zero-order valence-electron chi connectivity index (χ0n) is 15.3. The summed E-state index contributed by atoms with van der Waals surface area (Å²) in [6, 6.07) is 8.47. The molecule has 6 heteroatoms. The Morgan fingerprint density at radius 3 is 2.35 bits per heavy atom. The Balaban J connectivity index is 2.34. The summed E-state index contributed by atoms with van der Waals surface area (Å²) in [4.78, 5) is 11.9. The van der Waals surface area contributed by atoms with Gasteiger partial charge >= 0.3 is 0 Å². The van der Waals surface area contributed by atoms with E-state index in [4.69, 9.17) is 11.6 Å². The maximum absolute atomic E-state index is 12.7. The van der Waals surface area contributed by atoms with Gasteiger partial charge in [-0.25, -0.2) is 8.42 Å². The van der Waals surface area contributed by atoms with Crippen LogP contribution in [-0.2, 0) is 15.6 Å². The highest BCUT2D eigenvalue weighted by Gasteiger charge is 2.24. The minimum absolute atomic E-state index is 0.0882. The summed E-state index contributed by atoms with van der Waals surface area (Å²) in [6.45, 7) is 6.92. The van der Waals surface area contributed by atoms with Crippen molar-refractivity contribution < 1.29 is 18.3 Å². The van der Waals surface area contributed by atoms with Gasteiger partial charge < -0.3 is 5.11 Å². The predicted octanol–water partition coefficient (Wildman–Crippen LogP) is 4.12. The number of aliphatic hydroxyl groups excluding tert-OH is 1. The van der Waals surface area contributed by atoms with Crippen molar-refractivity contribution in [3.63, 3.8) is 0 Å². The van der Waals surface area contributed by atoms with E-state index in [1.165, 1.54) is 6.92 Å². The molecule has 2 aromatic carbocycles. The highest BCUT2D eigenvalue weighted by molar-refractivity contribution is 7.90. The second kappa shape index (κ2) is 7.91. The maximum atomic E-state index is 12.7. The summed E-state index contributed by atoms with van der Waals surface area (Å²) in [5.41, 5.74) is 3.91. The monoisotopic (exact) mass is 394 g/mol. The first kappa shape index (κ1) is 20.6. The van der Waals surface area contributed by atoms with Crippen LogP contribution in [0, 0.1) is 20.8 Å². The minimum atomic E-state index is -3.62. The molecule has 0 saturated heterocycles. The lowest BCUT2D eigenvalue weighted by atomic mass is 9.92. The summed E-state index contributed by atoms with van der Waals surface area (Å²) in [5, 5.41) is 10.7. The number of carbonyl (C=O) groups is 1. The minimum Gasteiger partial charge on any atom is -0.387 e. The number of rotatable bonds is 6. The molecule has 0 amide bonds. The molecule has 0 aromatic heterocycles. The first-order chi connectivity index (χ1) is 12.0. The summed E-state index contributed by atoms with van der Waals surface area (Å²) in [7, 11) is -3.62. The lowest BCUT2D eigenvalue weighted by molar-refractivity contribution is 0.101. The van der Waals surface area contributed by atoms with Crippen LogP contribution in [0.25, 0.3) is 0 Å². The van der Waals surface area contributed by atoms with Crippen molar-refractivity contribution in [3.05, 3.63) is 68.7 Å². The number of carbonyl (C=O) groups excluding carboxylic acids is 1. The first-order valence-electron chi connectivity index (χ1n) is 8.27. The van der Waals surface area contributed by atoms with Gasteiger partial charge in [0.1, 0.15) is 0 Å². The number of ketones is 1. The highest BCUT2D eigenvalue weighted by Crippen LogP contribution is 2.28. The van der Waals surface area contributed by atoms with Gasteiger partial charge in [-0.15, -0.1) is 0 Å². The standard InChI is InChI=1S/C20H23ClO4S/c1-12-9-13(2)20(15(4)22)14(3)17(12)10-26(24,25)11-19(23)16-7-5-6-8-18(16)21/h5-9,19,23H,10-11H2,1-4H3. The van der Waals surface area contributed by atoms with E-state index in [1.54, 1.807) is 31.2 Å². The molecule has 0 bridgehead atoms. The Hall–Kier alpha value is -1.69. The molecule has 4 nitrogen and oxygen atoms in total. The number of sulfone groups is 1. The van der Waals surface area contributed by atoms with Crippen LogP contribution in [0.5, 0.6) is 0 Å². The molecule has 140 valence electrons. The molecular weight excluding hydrogens is 372 g/mol. The molecule has 0 heterocycles. The fraction of sp³-hybridized carbons (Fsp3) is 0.350. The number of aryl methyl sites for hydroxylation is 2. The van der Waals surface area contributed by atoms with Crippen molar-refractivity contribution in [2.75, 3.05) is 5.75 Å². The average molecular weight is 395 g/mol. The molecule has 0 aliphatic rings. The average Bonchev–Trinajstić information content (AvgIpc) is 2.50. The maximum Gasteiger partial charge on any atom is 0.160 e. The van der Waals surface area contributed by atoms with E-state index in [0.717, 1.165) is 11.1 Å². The number of benzene rings is 2. The second-order valence-electron chi connectivity index (χ2n) is 6.64. The Kier molecular flexibility index (Phi) is 6.27. The number of Topliss-reactive ketones (excluding diaryl/α,β-unsaturated/α-hetero) is 1. The number of hydrogen-bond acceptors (Lipinski definition) is 4. The topological polar surface area (TPSA) is 71.4 Å². The van der Waals surface area contributed by atoms with Crippen molar-refractivity contribution in [1.29, 1.82) is 0 Å². The molecular formula is C20H23ClO4S. The SMILES string of the molecule is CC(=O)c1c(C)cc(C)c(CS(=O)(=O)CC(O)c2ccccc2Cl)c1C. The third-order valence-corrected chi connectivity index (χ3v) is 6.42. The normalized spacial score (nSPS) is 12.8. The van der Waals surface area contributed by atoms with E-state index in [-0.39, 0.29) is 11.5 Å². The molecule has 2 rings (SSSR count). The highest BCUT2D eigenvalue weighted by atomic mass is 35.5. The molecule has 0 saturated carbocycles. The van der Waals surface area contributed by atoms with Crippen molar-refractivity contribution in [2.45, 2.75) is 39.6 Å². The molecule has 0 spiro atoms. The largest absolute Gasteiger partial charge is 0.387 e. The van der Waals surface area contributed by atoms with Crippen LogP contribution in [0.2, 0.25) is 5.02 Å². The number of hydrogen-bond donors (Lipinski definition) is 1. The predicted molar refractivity (Wildman–Crippen MR) is 105 cm³/mol. The van der Waals surface area contributed by atoms with Crippen LogP contribution in [0.15, 0.2) is 30.3 Å². The van der Waals surface area contributed by atoms with Crippen LogP contribution in [-0.4, -0.2) is 25.1 Å². The number of halogens is 1. The van der Waals surface area contributed by atoms with Crippen LogP contribution < -0.4 is 0 Å². The summed E-state index contributed by atoms with van der Waals surface area (Å²) >= 11 is 6.04. The summed E-state index contributed by atoms with van der Waals surface area (Å²) in [6.07, 6.45) is -1.20. The van der Waals surface area contributed by atoms with Gasteiger partial charge in [0.15, 0.2) is 15.6 Å². The zero-order chi connectivity index (χ0) is 19.6. The van der Waals surface area contributed by atoms with Gasteiger partial charge in [0.05, 0.1) is 17.6 Å². The van der Waals surface area contributed by atoms with E-state index in [1.807, 2.05) is 19.9 Å². The zero-order valence-corrected chi connectivity index (χ0v) is 16.9. The van der Waals surface area contributed by atoms with Crippen molar-refractivity contribution in [1.82, 2.24) is 0 Å². The molecule has 1 N–H and O–H groups in total. The fourth-order valence-electron chi connectivity index (χ4n) is 3.34. The van der Waals surface area contributed by atoms with Crippen LogP contribution in [0.4, 0.5) is 0 Å². The molecule has 1 atom stereocenters. The fourth-order valence-corrected chi connectivity index (χ4v) is 5.27. The van der Waals surface area contributed by atoms with Crippen LogP contribution in [0.3, 0.4) is 0 Å². The van der Waals surface area contributed by atoms with Gasteiger partial charge in [-0.3, -0.25) is 4.79 Å². The van der Waals surface area contributed by atoms with Crippen LogP contribution in [0.1, 0.15) is 51.2 Å². The molecule has 0 aliphatic carbocycles. The molecule has 0 fully saturated rings. The van der Waals surface area contributed by atoms with E-state index >= 15 is 0 Å². The Bertz CT molecular complexity index is 949. The van der Waals surface area contributed by atoms with Gasteiger partial charge in [-0.2, -0.15) is 0 Å². The summed E-state index contributed by atoms with van der Waals surface area (Å²) < 4.78 is 25.4. The molecule has 2 aromatic rings. The first-order valence-corrected chi connectivity index (χ1v) is 10.5. The van der Waals surface area contributed by atoms with Gasteiger partial charge in [0, 0.05) is 16.1 Å². The second-order valence-corrected chi connectivity index (χ2v) is 9.15. The van der Waals surface area contributed by atoms with Crippen molar-refractivity contribution >= 4 is 27.2 Å². The van der Waals surface area contributed by atoms with Crippen LogP contribution >= 0.6 is 11.6 Å². The van der Waals surface area contributed by atoms with E-state index in [0.29, 0.717) is 27.3 Å². The quantitative estimate of drug-likeness (QED) is 0.748. The van der Waals surface area contributed by atoms with Gasteiger partial charge in [-0.05, 0) is 56.0 Å². The van der Waals surface area contributed by atoms with Crippen molar-refractivity contribution in [2.24, 2.45) is 0 Å². The Labute approximate surface area is 159 Å². The third kappa shape index (κ3) is 4.53. The summed E-state index contributed by atoms with van der Waals surface area (Å²) in [5.74, 6) is -0.749. The molecule has 0 aliphatic heterocycles. The molecule has 26 heavy (non-hydrogen) atoms. The van der Waals surface area contributed by atoms with Crippen molar-refractivity contribution in [3.8, 4) is 0 Å². The Morgan fingerprint density at radius 1 is 1.15 bits per heavy atom. The lowest BCUT2D eigenvalue weighted by Gasteiger charge is -2.18. The molecule has 1 unspecified atom stereocenters. The third-order valence-electron chi connectivity index (χ3n) is 4.52. The van der Waals surface area contributed by atoms with E-state index < -0.39 is 21.7 Å². The smallest absolute Gasteiger partial charge is 0.160 e. The lowest BCUT2D eigenvalue weighted by Crippen LogP contribution is -2.18. The van der Waals surface area contributed by atoms with Gasteiger partial charge in [0.25, 0.3) is 0 Å². The number of aliphatic hydroxyl groups is 1.